The first-order valence-corrected chi connectivity index (χ1v) is 7.59. The molecule has 124 valence electrons. The Morgan fingerprint density at radius 3 is 2.73 bits per heavy atom. The molecule has 0 fully saturated rings. The number of rotatable bonds is 7. The summed E-state index contributed by atoms with van der Waals surface area (Å²) >= 11 is 0. The number of carbonyl (C=O) groups is 1. The minimum absolute atomic E-state index is 0.178. The Balaban J connectivity index is 2.37. The Hall–Kier alpha value is -1.66. The van der Waals surface area contributed by atoms with Gasteiger partial charge in [0.1, 0.15) is 5.60 Å². The SMILES string of the molecule is CN(Cc1ccccn1)C(CN)CCNC(=O)OC(C)(C)C. The summed E-state index contributed by atoms with van der Waals surface area (Å²) in [6.45, 7) is 7.32. The first-order chi connectivity index (χ1) is 10.3. The van der Waals surface area contributed by atoms with Crippen LogP contribution < -0.4 is 11.1 Å². The molecule has 22 heavy (non-hydrogen) atoms. The molecule has 0 aliphatic heterocycles. The molecular formula is C16H28N4O2. The molecule has 1 aromatic heterocycles. The van der Waals surface area contributed by atoms with Crippen LogP contribution in [0.1, 0.15) is 32.9 Å². The van der Waals surface area contributed by atoms with Crippen molar-refractivity contribution in [3.63, 3.8) is 0 Å². The van der Waals surface area contributed by atoms with Crippen molar-refractivity contribution in [3.05, 3.63) is 30.1 Å². The van der Waals surface area contributed by atoms with Crippen LogP contribution in [0.3, 0.4) is 0 Å². The van der Waals surface area contributed by atoms with E-state index in [4.69, 9.17) is 10.5 Å². The highest BCUT2D eigenvalue weighted by Crippen LogP contribution is 2.08. The van der Waals surface area contributed by atoms with Crippen molar-refractivity contribution in [2.75, 3.05) is 20.1 Å². The summed E-state index contributed by atoms with van der Waals surface area (Å²) in [5.41, 5.74) is 6.36. The number of aromatic nitrogens is 1. The number of nitrogens with zero attached hydrogens (tertiary/aromatic N) is 2. The quantitative estimate of drug-likeness (QED) is 0.802. The Morgan fingerprint density at radius 1 is 1.45 bits per heavy atom. The molecule has 6 nitrogen and oxygen atoms in total. The molecule has 0 saturated heterocycles. The molecule has 1 atom stereocenters. The standard InChI is InChI=1S/C16H28N4O2/c1-16(2,3)22-15(21)19-10-8-14(11-17)20(4)12-13-7-5-6-9-18-13/h5-7,9,14H,8,10-12,17H2,1-4H3,(H,19,21). The van der Waals surface area contributed by atoms with Gasteiger partial charge in [0.05, 0.1) is 5.69 Å². The third-order valence-corrected chi connectivity index (χ3v) is 3.18. The van der Waals surface area contributed by atoms with E-state index in [0.717, 1.165) is 18.7 Å². The van der Waals surface area contributed by atoms with Gasteiger partial charge < -0.3 is 15.8 Å². The van der Waals surface area contributed by atoms with Crippen molar-refractivity contribution < 1.29 is 9.53 Å². The van der Waals surface area contributed by atoms with Gasteiger partial charge in [-0.05, 0) is 46.4 Å². The van der Waals surface area contributed by atoms with E-state index in [-0.39, 0.29) is 6.04 Å². The first kappa shape index (κ1) is 18.4. The zero-order valence-corrected chi connectivity index (χ0v) is 14.0. The fourth-order valence-corrected chi connectivity index (χ4v) is 2.05. The second-order valence-corrected chi connectivity index (χ2v) is 6.34. The molecule has 1 heterocycles. The van der Waals surface area contributed by atoms with Crippen LogP contribution >= 0.6 is 0 Å². The van der Waals surface area contributed by atoms with E-state index in [1.807, 2.05) is 46.0 Å². The minimum atomic E-state index is -0.479. The van der Waals surface area contributed by atoms with Crippen molar-refractivity contribution >= 4 is 6.09 Å². The summed E-state index contributed by atoms with van der Waals surface area (Å²) in [5, 5.41) is 2.76. The van der Waals surface area contributed by atoms with E-state index < -0.39 is 11.7 Å². The molecule has 0 aliphatic rings. The second-order valence-electron chi connectivity index (χ2n) is 6.34. The predicted octanol–water partition coefficient (Wildman–Crippen LogP) is 1.76. The van der Waals surface area contributed by atoms with Gasteiger partial charge in [-0.25, -0.2) is 4.79 Å². The highest BCUT2D eigenvalue weighted by atomic mass is 16.6. The van der Waals surface area contributed by atoms with Gasteiger partial charge in [-0.1, -0.05) is 6.07 Å². The number of carbonyl (C=O) groups excluding carboxylic acids is 1. The molecule has 1 unspecified atom stereocenters. The van der Waals surface area contributed by atoms with E-state index in [0.29, 0.717) is 13.1 Å². The maximum Gasteiger partial charge on any atom is 0.407 e. The third kappa shape index (κ3) is 7.38. The lowest BCUT2D eigenvalue weighted by Gasteiger charge is -2.27. The number of likely N-dealkylation sites (N-methyl/N-ethyl adjacent to an activating group) is 1. The number of nitrogens with two attached hydrogens (primary N) is 1. The van der Waals surface area contributed by atoms with Crippen LogP contribution in [0.2, 0.25) is 0 Å². The first-order valence-electron chi connectivity index (χ1n) is 7.59. The summed E-state index contributed by atoms with van der Waals surface area (Å²) < 4.78 is 5.20. The van der Waals surface area contributed by atoms with Crippen LogP contribution in [-0.2, 0) is 11.3 Å². The van der Waals surface area contributed by atoms with E-state index >= 15 is 0 Å². The fourth-order valence-electron chi connectivity index (χ4n) is 2.05. The Labute approximate surface area is 133 Å². The average molecular weight is 308 g/mol. The van der Waals surface area contributed by atoms with E-state index in [9.17, 15) is 4.79 Å². The van der Waals surface area contributed by atoms with Gasteiger partial charge in [0.15, 0.2) is 0 Å². The van der Waals surface area contributed by atoms with Crippen molar-refractivity contribution in [2.24, 2.45) is 5.73 Å². The molecule has 0 aromatic carbocycles. The van der Waals surface area contributed by atoms with Crippen LogP contribution in [0.4, 0.5) is 4.79 Å². The summed E-state index contributed by atoms with van der Waals surface area (Å²) in [5.74, 6) is 0. The summed E-state index contributed by atoms with van der Waals surface area (Å²) in [7, 11) is 2.01. The highest BCUT2D eigenvalue weighted by molar-refractivity contribution is 5.67. The van der Waals surface area contributed by atoms with Gasteiger partial charge >= 0.3 is 6.09 Å². The number of nitrogens with one attached hydrogen (secondary N) is 1. The molecule has 1 aromatic rings. The predicted molar refractivity (Wildman–Crippen MR) is 87.4 cm³/mol. The minimum Gasteiger partial charge on any atom is -0.444 e. The van der Waals surface area contributed by atoms with Crippen molar-refractivity contribution in [1.29, 1.82) is 0 Å². The number of ether oxygens (including phenoxy) is 1. The van der Waals surface area contributed by atoms with E-state index in [2.05, 4.69) is 15.2 Å². The van der Waals surface area contributed by atoms with E-state index in [1.54, 1.807) is 6.20 Å². The molecule has 0 saturated carbocycles. The lowest BCUT2D eigenvalue weighted by molar-refractivity contribution is 0.0522. The molecule has 0 bridgehead atoms. The largest absolute Gasteiger partial charge is 0.444 e. The Kier molecular flexibility index (Phi) is 7.27. The van der Waals surface area contributed by atoms with Gasteiger partial charge in [0.2, 0.25) is 0 Å². The average Bonchev–Trinajstić information content (AvgIpc) is 2.42. The van der Waals surface area contributed by atoms with Gasteiger partial charge in [-0.3, -0.25) is 9.88 Å². The summed E-state index contributed by atoms with van der Waals surface area (Å²) in [6.07, 6.45) is 2.15. The Morgan fingerprint density at radius 2 is 2.18 bits per heavy atom. The molecule has 3 N–H and O–H groups in total. The number of alkyl carbamates (subject to hydrolysis) is 1. The molecule has 1 amide bonds. The smallest absolute Gasteiger partial charge is 0.407 e. The molecule has 0 aliphatic carbocycles. The normalized spacial score (nSPS) is 13.0. The maximum absolute atomic E-state index is 11.6. The highest BCUT2D eigenvalue weighted by Gasteiger charge is 2.17. The molecule has 0 radical (unpaired) electrons. The van der Waals surface area contributed by atoms with Crippen molar-refractivity contribution in [1.82, 2.24) is 15.2 Å². The summed E-state index contributed by atoms with van der Waals surface area (Å²) in [4.78, 5) is 18.1. The van der Waals surface area contributed by atoms with Crippen LogP contribution in [0, 0.1) is 0 Å². The second kappa shape index (κ2) is 8.70. The molecule has 1 rings (SSSR count). The molecular weight excluding hydrogens is 280 g/mol. The lowest BCUT2D eigenvalue weighted by Crippen LogP contribution is -2.41. The maximum atomic E-state index is 11.6. The van der Waals surface area contributed by atoms with Crippen LogP contribution in [-0.4, -0.2) is 47.8 Å². The van der Waals surface area contributed by atoms with Crippen molar-refractivity contribution in [3.8, 4) is 0 Å². The van der Waals surface area contributed by atoms with Gasteiger partial charge in [-0.15, -0.1) is 0 Å². The number of hydrogen-bond donors (Lipinski definition) is 2. The van der Waals surface area contributed by atoms with Gasteiger partial charge in [0, 0.05) is 31.9 Å². The topological polar surface area (TPSA) is 80.5 Å². The van der Waals surface area contributed by atoms with Crippen LogP contribution in [0.5, 0.6) is 0 Å². The molecule has 6 heteroatoms. The lowest BCUT2D eigenvalue weighted by atomic mass is 10.1. The number of amides is 1. The third-order valence-electron chi connectivity index (χ3n) is 3.18. The fraction of sp³-hybridized carbons (Fsp3) is 0.625. The zero-order chi connectivity index (χ0) is 16.6. The van der Waals surface area contributed by atoms with Crippen LogP contribution in [0.15, 0.2) is 24.4 Å². The molecule has 0 spiro atoms. The number of hydrogen-bond acceptors (Lipinski definition) is 5. The Bertz CT molecular complexity index is 445. The number of pyridine rings is 1. The van der Waals surface area contributed by atoms with Gasteiger partial charge in [0.25, 0.3) is 0 Å². The monoisotopic (exact) mass is 308 g/mol. The van der Waals surface area contributed by atoms with Crippen molar-refractivity contribution in [2.45, 2.75) is 45.4 Å². The van der Waals surface area contributed by atoms with Gasteiger partial charge in [-0.2, -0.15) is 0 Å². The zero-order valence-electron chi connectivity index (χ0n) is 14.0. The van der Waals surface area contributed by atoms with E-state index in [1.165, 1.54) is 0 Å². The van der Waals surface area contributed by atoms with Crippen LogP contribution in [0.25, 0.3) is 0 Å². The summed E-state index contributed by atoms with van der Waals surface area (Å²) in [6, 6.07) is 6.03.